The van der Waals surface area contributed by atoms with Crippen LogP contribution in [0.4, 0.5) is 11.4 Å². The van der Waals surface area contributed by atoms with E-state index >= 15 is 0 Å². The number of carbonyl (C=O) groups excluding carboxylic acids is 1. The number of rotatable bonds is 3. The standard InChI is InChI=1S/C21H14N2O3/c24-21-17-11-5-4-10-16(17)20(14-15-8-2-1-3-9-15)22(21)18-12-6-7-13-19(18)23(25)26/h1-14H. The minimum Gasteiger partial charge on any atom is -0.270 e. The van der Waals surface area contributed by atoms with Crippen molar-refractivity contribution in [2.75, 3.05) is 4.90 Å². The van der Waals surface area contributed by atoms with E-state index in [1.54, 1.807) is 30.3 Å². The fourth-order valence-electron chi connectivity index (χ4n) is 3.14. The highest BCUT2D eigenvalue weighted by atomic mass is 16.6. The van der Waals surface area contributed by atoms with Crippen LogP contribution in [0.15, 0.2) is 78.9 Å². The van der Waals surface area contributed by atoms with Crippen LogP contribution in [0.25, 0.3) is 11.8 Å². The Morgan fingerprint density at radius 2 is 1.42 bits per heavy atom. The van der Waals surface area contributed by atoms with Gasteiger partial charge in [0.25, 0.3) is 11.6 Å². The Morgan fingerprint density at radius 1 is 0.808 bits per heavy atom. The second-order valence-electron chi connectivity index (χ2n) is 5.87. The first-order valence-corrected chi connectivity index (χ1v) is 8.11. The molecule has 0 saturated heterocycles. The second kappa shape index (κ2) is 6.29. The molecule has 0 aromatic heterocycles. The molecule has 4 rings (SSSR count). The highest BCUT2D eigenvalue weighted by Crippen LogP contribution is 2.41. The van der Waals surface area contributed by atoms with Gasteiger partial charge in [-0.05, 0) is 23.8 Å². The summed E-state index contributed by atoms with van der Waals surface area (Å²) >= 11 is 0. The number of nitro groups is 1. The molecular weight excluding hydrogens is 328 g/mol. The van der Waals surface area contributed by atoms with E-state index in [1.165, 1.54) is 11.0 Å². The molecule has 1 amide bonds. The Bertz CT molecular complexity index is 1040. The molecule has 0 saturated carbocycles. The normalized spacial score (nSPS) is 14.5. The smallest absolute Gasteiger partial charge is 0.270 e. The molecule has 0 spiro atoms. The largest absolute Gasteiger partial charge is 0.293 e. The molecule has 0 N–H and O–H groups in total. The SMILES string of the molecule is O=C1c2ccccc2C(=Cc2ccccc2)N1c1ccccc1[N+](=O)[O-]. The summed E-state index contributed by atoms with van der Waals surface area (Å²) in [5, 5.41) is 11.5. The molecule has 1 aliphatic heterocycles. The van der Waals surface area contributed by atoms with Gasteiger partial charge < -0.3 is 0 Å². The van der Waals surface area contributed by atoms with Crippen molar-refractivity contribution in [3.8, 4) is 0 Å². The van der Waals surface area contributed by atoms with E-state index in [-0.39, 0.29) is 17.3 Å². The van der Waals surface area contributed by atoms with E-state index in [0.717, 1.165) is 11.1 Å². The predicted octanol–water partition coefficient (Wildman–Crippen LogP) is 4.75. The monoisotopic (exact) mass is 342 g/mol. The van der Waals surface area contributed by atoms with Gasteiger partial charge in [-0.15, -0.1) is 0 Å². The zero-order chi connectivity index (χ0) is 18.1. The van der Waals surface area contributed by atoms with Gasteiger partial charge in [-0.1, -0.05) is 60.7 Å². The van der Waals surface area contributed by atoms with Crippen LogP contribution in [0.2, 0.25) is 0 Å². The minimum atomic E-state index is -0.467. The van der Waals surface area contributed by atoms with E-state index in [1.807, 2.05) is 48.5 Å². The van der Waals surface area contributed by atoms with Crippen LogP contribution in [0.3, 0.4) is 0 Å². The van der Waals surface area contributed by atoms with Crippen molar-refractivity contribution in [3.63, 3.8) is 0 Å². The number of hydrogen-bond donors (Lipinski definition) is 0. The fourth-order valence-corrected chi connectivity index (χ4v) is 3.14. The van der Waals surface area contributed by atoms with Crippen molar-refractivity contribution < 1.29 is 9.72 Å². The summed E-state index contributed by atoms with van der Waals surface area (Å²) < 4.78 is 0. The number of benzene rings is 3. The third-order valence-electron chi connectivity index (χ3n) is 4.30. The number of amides is 1. The molecule has 126 valence electrons. The number of nitrogens with zero attached hydrogens (tertiary/aromatic N) is 2. The first-order valence-electron chi connectivity index (χ1n) is 8.11. The summed E-state index contributed by atoms with van der Waals surface area (Å²) in [4.78, 5) is 25.5. The van der Waals surface area contributed by atoms with Crippen LogP contribution < -0.4 is 4.90 Å². The quantitative estimate of drug-likeness (QED) is 0.509. The molecule has 0 atom stereocenters. The minimum absolute atomic E-state index is 0.104. The van der Waals surface area contributed by atoms with Crippen LogP contribution in [0.1, 0.15) is 21.5 Å². The maximum absolute atomic E-state index is 13.0. The van der Waals surface area contributed by atoms with E-state index in [4.69, 9.17) is 0 Å². The summed E-state index contributed by atoms with van der Waals surface area (Å²) in [7, 11) is 0. The number of anilines is 1. The van der Waals surface area contributed by atoms with Gasteiger partial charge in [-0.2, -0.15) is 0 Å². The Labute approximate surface area is 150 Å². The summed E-state index contributed by atoms with van der Waals surface area (Å²) in [5.41, 5.74) is 3.00. The molecule has 0 fully saturated rings. The summed E-state index contributed by atoms with van der Waals surface area (Å²) in [5.74, 6) is -0.267. The molecule has 1 aliphatic rings. The molecule has 5 heteroatoms. The molecule has 0 unspecified atom stereocenters. The third-order valence-corrected chi connectivity index (χ3v) is 4.30. The van der Waals surface area contributed by atoms with Crippen molar-refractivity contribution in [3.05, 3.63) is 106 Å². The molecule has 26 heavy (non-hydrogen) atoms. The Morgan fingerprint density at radius 3 is 2.15 bits per heavy atom. The lowest BCUT2D eigenvalue weighted by molar-refractivity contribution is -0.384. The molecule has 0 radical (unpaired) electrons. The van der Waals surface area contributed by atoms with Crippen LogP contribution in [0, 0.1) is 10.1 Å². The maximum Gasteiger partial charge on any atom is 0.293 e. The first-order chi connectivity index (χ1) is 12.7. The Kier molecular flexibility index (Phi) is 3.82. The van der Waals surface area contributed by atoms with Gasteiger partial charge in [0.1, 0.15) is 5.69 Å². The molecule has 5 nitrogen and oxygen atoms in total. The lowest BCUT2D eigenvalue weighted by atomic mass is 10.1. The molecular formula is C21H14N2O3. The molecule has 3 aromatic rings. The highest BCUT2D eigenvalue weighted by Gasteiger charge is 2.36. The van der Waals surface area contributed by atoms with E-state index in [9.17, 15) is 14.9 Å². The third kappa shape index (κ3) is 2.56. The second-order valence-corrected chi connectivity index (χ2v) is 5.87. The van der Waals surface area contributed by atoms with Gasteiger partial charge in [0, 0.05) is 17.2 Å². The maximum atomic E-state index is 13.0. The average Bonchev–Trinajstić information content (AvgIpc) is 2.95. The predicted molar refractivity (Wildman–Crippen MR) is 101 cm³/mol. The van der Waals surface area contributed by atoms with E-state index in [0.29, 0.717) is 11.3 Å². The van der Waals surface area contributed by atoms with Crippen molar-refractivity contribution in [1.82, 2.24) is 0 Å². The zero-order valence-corrected chi connectivity index (χ0v) is 13.7. The van der Waals surface area contributed by atoms with Gasteiger partial charge in [0.05, 0.1) is 10.6 Å². The van der Waals surface area contributed by atoms with Crippen LogP contribution >= 0.6 is 0 Å². The van der Waals surface area contributed by atoms with Crippen molar-refractivity contribution in [2.45, 2.75) is 0 Å². The topological polar surface area (TPSA) is 63.5 Å². The van der Waals surface area contributed by atoms with Gasteiger partial charge in [0.2, 0.25) is 0 Å². The number of fused-ring (bicyclic) bond motifs is 1. The van der Waals surface area contributed by atoms with E-state index < -0.39 is 4.92 Å². The fraction of sp³-hybridized carbons (Fsp3) is 0. The van der Waals surface area contributed by atoms with Crippen molar-refractivity contribution >= 4 is 29.1 Å². The molecule has 0 aliphatic carbocycles. The summed E-state index contributed by atoms with van der Waals surface area (Å²) in [6.45, 7) is 0. The van der Waals surface area contributed by atoms with Gasteiger partial charge in [-0.3, -0.25) is 19.8 Å². The number of carbonyl (C=O) groups is 1. The number of hydrogen-bond acceptors (Lipinski definition) is 3. The highest BCUT2D eigenvalue weighted by molar-refractivity contribution is 6.25. The van der Waals surface area contributed by atoms with Crippen LogP contribution in [0.5, 0.6) is 0 Å². The number of nitro benzene ring substituents is 1. The summed E-state index contributed by atoms with van der Waals surface area (Å²) in [6.07, 6.45) is 1.88. The Hall–Kier alpha value is -3.73. The molecule has 1 heterocycles. The molecule has 3 aromatic carbocycles. The van der Waals surface area contributed by atoms with Gasteiger partial charge in [0.15, 0.2) is 0 Å². The van der Waals surface area contributed by atoms with Gasteiger partial charge in [-0.25, -0.2) is 0 Å². The average molecular weight is 342 g/mol. The summed E-state index contributed by atoms with van der Waals surface area (Å²) in [6, 6.07) is 23.1. The van der Waals surface area contributed by atoms with Crippen molar-refractivity contribution in [2.24, 2.45) is 0 Å². The molecule has 0 bridgehead atoms. The number of para-hydroxylation sites is 2. The van der Waals surface area contributed by atoms with Crippen LogP contribution in [-0.2, 0) is 0 Å². The lowest BCUT2D eigenvalue weighted by Crippen LogP contribution is -2.23. The van der Waals surface area contributed by atoms with Crippen molar-refractivity contribution in [1.29, 1.82) is 0 Å². The lowest BCUT2D eigenvalue weighted by Gasteiger charge is -2.18. The Balaban J connectivity index is 1.95. The zero-order valence-electron chi connectivity index (χ0n) is 13.7. The first kappa shape index (κ1) is 15.8. The van der Waals surface area contributed by atoms with Crippen LogP contribution in [-0.4, -0.2) is 10.8 Å². The van der Waals surface area contributed by atoms with Gasteiger partial charge >= 0.3 is 0 Å². The van der Waals surface area contributed by atoms with E-state index in [2.05, 4.69) is 0 Å².